The number of hydrogen-bond donors (Lipinski definition) is 1. The van der Waals surface area contributed by atoms with Crippen molar-refractivity contribution in [3.05, 3.63) is 66.0 Å². The molecule has 0 aliphatic carbocycles. The maximum absolute atomic E-state index is 13.7. The maximum Gasteiger partial charge on any atom is 0.191 e. The molecule has 1 atom stereocenters. The summed E-state index contributed by atoms with van der Waals surface area (Å²) in [6.45, 7) is 0. The molecule has 1 heterocycles. The van der Waals surface area contributed by atoms with E-state index < -0.39 is 11.9 Å². The third-order valence-corrected chi connectivity index (χ3v) is 4.60. The molecule has 2 aromatic carbocycles. The summed E-state index contributed by atoms with van der Waals surface area (Å²) in [6.07, 6.45) is -0.891. The number of hydrogen-bond acceptors (Lipinski definition) is 4. The lowest BCUT2D eigenvalue weighted by atomic mass is 10.1. The molecule has 3 aromatic rings. The summed E-state index contributed by atoms with van der Waals surface area (Å²) in [4.78, 5) is 0. The molecule has 3 rings (SSSR count). The largest absolute Gasteiger partial charge is 0.387 e. The minimum atomic E-state index is -0.891. The molecule has 0 amide bonds. The second-order valence-corrected chi connectivity index (χ2v) is 6.07. The molecule has 118 valence electrons. The van der Waals surface area contributed by atoms with Crippen molar-refractivity contribution in [1.29, 1.82) is 0 Å². The van der Waals surface area contributed by atoms with E-state index >= 15 is 0 Å². The first-order chi connectivity index (χ1) is 11.2. The fraction of sp³-hybridized carbons (Fsp3) is 0.176. The zero-order chi connectivity index (χ0) is 16.2. The smallest absolute Gasteiger partial charge is 0.191 e. The van der Waals surface area contributed by atoms with Crippen molar-refractivity contribution < 1.29 is 9.50 Å². The molecular weight excluding hydrogens is 313 g/mol. The van der Waals surface area contributed by atoms with Crippen LogP contribution in [-0.2, 0) is 7.05 Å². The van der Waals surface area contributed by atoms with Crippen LogP contribution in [0.4, 0.5) is 4.39 Å². The van der Waals surface area contributed by atoms with Gasteiger partial charge in [-0.05, 0) is 6.07 Å². The molecule has 0 fully saturated rings. The highest BCUT2D eigenvalue weighted by Crippen LogP contribution is 2.27. The topological polar surface area (TPSA) is 50.9 Å². The Morgan fingerprint density at radius 1 is 1.09 bits per heavy atom. The number of aliphatic hydroxyl groups is 1. The van der Waals surface area contributed by atoms with Gasteiger partial charge < -0.3 is 9.67 Å². The van der Waals surface area contributed by atoms with Crippen LogP contribution in [0, 0.1) is 5.82 Å². The fourth-order valence-electron chi connectivity index (χ4n) is 2.27. The van der Waals surface area contributed by atoms with E-state index in [9.17, 15) is 9.50 Å². The zero-order valence-corrected chi connectivity index (χ0v) is 13.4. The van der Waals surface area contributed by atoms with E-state index in [0.717, 1.165) is 11.4 Å². The molecule has 1 unspecified atom stereocenters. The monoisotopic (exact) mass is 329 g/mol. The molecule has 4 nitrogen and oxygen atoms in total. The minimum absolute atomic E-state index is 0.297. The van der Waals surface area contributed by atoms with Crippen LogP contribution in [0.5, 0.6) is 0 Å². The van der Waals surface area contributed by atoms with Crippen molar-refractivity contribution in [2.45, 2.75) is 11.3 Å². The highest BCUT2D eigenvalue weighted by molar-refractivity contribution is 7.99. The van der Waals surface area contributed by atoms with Gasteiger partial charge in [-0.25, -0.2) is 4.39 Å². The molecule has 0 radical (unpaired) electrons. The van der Waals surface area contributed by atoms with Gasteiger partial charge in [-0.15, -0.1) is 10.2 Å². The summed E-state index contributed by atoms with van der Waals surface area (Å²) in [5.41, 5.74) is 1.27. The van der Waals surface area contributed by atoms with Crippen LogP contribution in [-0.4, -0.2) is 25.6 Å². The van der Waals surface area contributed by atoms with E-state index in [1.54, 1.807) is 18.2 Å². The first kappa shape index (κ1) is 15.7. The quantitative estimate of drug-likeness (QED) is 0.729. The molecule has 23 heavy (non-hydrogen) atoms. The standard InChI is InChI=1S/C17H16FN3OS/c1-21-16(12-7-3-2-4-8-12)19-20-17(21)23-11-15(22)13-9-5-6-10-14(13)18/h2-10,15,22H,11H2,1H3. The van der Waals surface area contributed by atoms with Crippen molar-refractivity contribution in [3.8, 4) is 11.4 Å². The summed E-state index contributed by atoms with van der Waals surface area (Å²) in [6, 6.07) is 16.0. The van der Waals surface area contributed by atoms with Crippen LogP contribution in [0.1, 0.15) is 11.7 Å². The van der Waals surface area contributed by atoms with Crippen molar-refractivity contribution in [1.82, 2.24) is 14.8 Å². The van der Waals surface area contributed by atoms with Gasteiger partial charge in [0.2, 0.25) is 0 Å². The fourth-order valence-corrected chi connectivity index (χ4v) is 3.13. The summed E-state index contributed by atoms with van der Waals surface area (Å²) < 4.78 is 15.5. The van der Waals surface area contributed by atoms with Gasteiger partial charge in [0.05, 0.1) is 6.10 Å². The molecule has 0 aliphatic rings. The number of thioether (sulfide) groups is 1. The van der Waals surface area contributed by atoms with Gasteiger partial charge in [-0.1, -0.05) is 60.3 Å². The van der Waals surface area contributed by atoms with Crippen LogP contribution in [0.25, 0.3) is 11.4 Å². The zero-order valence-electron chi connectivity index (χ0n) is 12.6. The van der Waals surface area contributed by atoms with Crippen molar-refractivity contribution >= 4 is 11.8 Å². The number of halogens is 1. The first-order valence-corrected chi connectivity index (χ1v) is 8.15. The van der Waals surface area contributed by atoms with Gasteiger partial charge in [0.15, 0.2) is 11.0 Å². The number of aliphatic hydroxyl groups excluding tert-OH is 1. The minimum Gasteiger partial charge on any atom is -0.387 e. The van der Waals surface area contributed by atoms with E-state index in [2.05, 4.69) is 10.2 Å². The highest BCUT2D eigenvalue weighted by atomic mass is 32.2. The molecule has 0 spiro atoms. The average molecular weight is 329 g/mol. The normalized spacial score (nSPS) is 12.3. The molecule has 0 aliphatic heterocycles. The van der Waals surface area contributed by atoms with E-state index in [1.807, 2.05) is 41.9 Å². The van der Waals surface area contributed by atoms with Gasteiger partial charge in [0.25, 0.3) is 0 Å². The van der Waals surface area contributed by atoms with Crippen molar-refractivity contribution in [3.63, 3.8) is 0 Å². The van der Waals surface area contributed by atoms with E-state index in [0.29, 0.717) is 16.5 Å². The Hall–Kier alpha value is -2.18. The Bertz CT molecular complexity index is 792. The Balaban J connectivity index is 1.72. The van der Waals surface area contributed by atoms with Gasteiger partial charge in [0.1, 0.15) is 5.82 Å². The highest BCUT2D eigenvalue weighted by Gasteiger charge is 2.16. The summed E-state index contributed by atoms with van der Waals surface area (Å²) in [7, 11) is 1.88. The second kappa shape index (κ2) is 6.93. The van der Waals surface area contributed by atoms with Gasteiger partial charge in [-0.3, -0.25) is 0 Å². The lowest BCUT2D eigenvalue weighted by Gasteiger charge is -2.11. The predicted molar refractivity (Wildman–Crippen MR) is 88.5 cm³/mol. The SMILES string of the molecule is Cn1c(SCC(O)c2ccccc2F)nnc1-c1ccccc1. The van der Waals surface area contributed by atoms with E-state index in [4.69, 9.17) is 0 Å². The molecule has 1 N–H and O–H groups in total. The summed E-state index contributed by atoms with van der Waals surface area (Å²) >= 11 is 1.35. The third-order valence-electron chi connectivity index (χ3n) is 3.50. The molecular formula is C17H16FN3OS. The first-order valence-electron chi connectivity index (χ1n) is 7.17. The van der Waals surface area contributed by atoms with Gasteiger partial charge >= 0.3 is 0 Å². The van der Waals surface area contributed by atoms with Gasteiger partial charge in [0, 0.05) is 23.9 Å². The number of benzene rings is 2. The second-order valence-electron chi connectivity index (χ2n) is 5.08. The van der Waals surface area contributed by atoms with Crippen molar-refractivity contribution in [2.24, 2.45) is 7.05 Å². The Morgan fingerprint density at radius 3 is 2.52 bits per heavy atom. The number of aromatic nitrogens is 3. The third kappa shape index (κ3) is 3.43. The number of rotatable bonds is 5. The van der Waals surface area contributed by atoms with Gasteiger partial charge in [-0.2, -0.15) is 0 Å². The molecule has 0 saturated heterocycles. The molecule has 6 heteroatoms. The van der Waals surface area contributed by atoms with Crippen LogP contribution in [0.3, 0.4) is 0 Å². The lowest BCUT2D eigenvalue weighted by Crippen LogP contribution is -2.04. The van der Waals surface area contributed by atoms with Crippen LogP contribution in [0.2, 0.25) is 0 Å². The average Bonchev–Trinajstić information content (AvgIpc) is 2.94. The van der Waals surface area contributed by atoms with Crippen molar-refractivity contribution in [2.75, 3.05) is 5.75 Å². The maximum atomic E-state index is 13.7. The predicted octanol–water partition coefficient (Wildman–Crippen LogP) is 3.45. The van der Waals surface area contributed by atoms with Crippen LogP contribution < -0.4 is 0 Å². The Kier molecular flexibility index (Phi) is 4.73. The summed E-state index contributed by atoms with van der Waals surface area (Å²) in [5, 5.41) is 19.2. The van der Waals surface area contributed by atoms with E-state index in [1.165, 1.54) is 17.8 Å². The van der Waals surface area contributed by atoms with Crippen LogP contribution in [0.15, 0.2) is 59.8 Å². The Labute approximate surface area is 138 Å². The molecule has 1 aromatic heterocycles. The Morgan fingerprint density at radius 2 is 1.78 bits per heavy atom. The van der Waals surface area contributed by atoms with Crippen LogP contribution >= 0.6 is 11.8 Å². The molecule has 0 saturated carbocycles. The summed E-state index contributed by atoms with van der Waals surface area (Å²) in [5.74, 6) is 0.666. The lowest BCUT2D eigenvalue weighted by molar-refractivity contribution is 0.199. The number of nitrogens with zero attached hydrogens (tertiary/aromatic N) is 3. The molecule has 0 bridgehead atoms. The van der Waals surface area contributed by atoms with E-state index in [-0.39, 0.29) is 0 Å².